The topological polar surface area (TPSA) is 146 Å². The third kappa shape index (κ3) is 3.73. The summed E-state index contributed by atoms with van der Waals surface area (Å²) in [7, 11) is 0. The van der Waals surface area contributed by atoms with E-state index in [9.17, 15) is 9.59 Å². The molecule has 1 aliphatic heterocycles. The Labute approximate surface area is 203 Å². The molecule has 4 aromatic rings. The molecule has 12 heteroatoms. The van der Waals surface area contributed by atoms with Crippen LogP contribution in [-0.4, -0.2) is 41.9 Å². The second-order valence-corrected chi connectivity index (χ2v) is 8.13. The minimum Gasteiger partial charge on any atom is -0.462 e. The molecule has 1 unspecified atom stereocenters. The van der Waals surface area contributed by atoms with E-state index in [2.05, 4.69) is 15.0 Å². The van der Waals surface area contributed by atoms with Gasteiger partial charge in [0.1, 0.15) is 17.7 Å². The van der Waals surface area contributed by atoms with Crippen molar-refractivity contribution >= 4 is 18.2 Å². The van der Waals surface area contributed by atoms with Gasteiger partial charge in [0.2, 0.25) is 11.8 Å². The maximum atomic E-state index is 13.2. The van der Waals surface area contributed by atoms with Gasteiger partial charge in [-0.15, -0.1) is 0 Å². The van der Waals surface area contributed by atoms with Crippen LogP contribution in [0.5, 0.6) is 5.88 Å². The van der Waals surface area contributed by atoms with Gasteiger partial charge in [0.25, 0.3) is 5.56 Å². The fraction of sp³-hybridized carbons (Fsp3) is 0.174. The number of aromatic amines is 2. The van der Waals surface area contributed by atoms with Gasteiger partial charge < -0.3 is 20.2 Å². The van der Waals surface area contributed by atoms with Crippen molar-refractivity contribution in [1.29, 1.82) is 0 Å². The highest BCUT2D eigenvalue weighted by Crippen LogP contribution is 2.43. The molecule has 0 bridgehead atoms. The molecule has 0 spiro atoms. The Morgan fingerprint density at radius 2 is 2.03 bits per heavy atom. The van der Waals surface area contributed by atoms with Crippen LogP contribution in [0.3, 0.4) is 0 Å². The molecule has 0 saturated carbocycles. The zero-order valence-corrected chi connectivity index (χ0v) is 19.6. The number of aryl methyl sites for hydroxylation is 1. The van der Waals surface area contributed by atoms with Crippen molar-refractivity contribution < 1.29 is 14.3 Å². The molecular formula is C23H21N7O4S. The van der Waals surface area contributed by atoms with Gasteiger partial charge in [-0.05, 0) is 38.2 Å². The van der Waals surface area contributed by atoms with Gasteiger partial charge in [-0.1, -0.05) is 18.2 Å². The Kier molecular flexibility index (Phi) is 5.57. The number of hydrogen-bond donors (Lipinski definition) is 3. The molecule has 11 nitrogen and oxygen atoms in total. The molecule has 1 aliphatic rings. The number of aromatic nitrogens is 6. The Morgan fingerprint density at radius 1 is 1.26 bits per heavy atom. The molecule has 4 N–H and O–H groups in total. The maximum absolute atomic E-state index is 13.2. The van der Waals surface area contributed by atoms with Crippen molar-refractivity contribution in [2.75, 3.05) is 6.61 Å². The number of nitrogens with two attached hydrogens (primary N) is 1. The van der Waals surface area contributed by atoms with E-state index in [1.165, 1.54) is 0 Å². The van der Waals surface area contributed by atoms with E-state index in [1.54, 1.807) is 41.8 Å². The predicted octanol–water partition coefficient (Wildman–Crippen LogP) is 2.37. The third-order valence-electron chi connectivity index (χ3n) is 5.61. The SMILES string of the molecule is CCOC(=O)C1=C(N)Oc2[nH]c(=S)[nH]c(=O)c2C1c1c(C)nn(-c2ccccc2)c1-n1ccnc1. The summed E-state index contributed by atoms with van der Waals surface area (Å²) in [5.41, 5.74) is 7.73. The molecule has 3 aromatic heterocycles. The van der Waals surface area contributed by atoms with Gasteiger partial charge in [0.15, 0.2) is 4.77 Å². The minimum atomic E-state index is -0.969. The standard InChI is InChI=1S/C23H21N7O4S/c1-3-33-22(32)16-15(17-19(31)26-23(35)27-20(17)34-18(16)24)14-12(2)28-30(13-7-5-4-6-8-13)21(14)29-10-9-25-11-29/h4-11,15H,3,24H2,1-2H3,(H2,26,27,31,35). The quantitative estimate of drug-likeness (QED) is 0.285. The van der Waals surface area contributed by atoms with Crippen LogP contribution in [0.2, 0.25) is 0 Å². The molecule has 0 radical (unpaired) electrons. The Balaban J connectivity index is 1.88. The van der Waals surface area contributed by atoms with Gasteiger partial charge in [-0.3, -0.25) is 14.3 Å². The lowest BCUT2D eigenvalue weighted by Gasteiger charge is -2.27. The Bertz CT molecular complexity index is 1570. The van der Waals surface area contributed by atoms with E-state index < -0.39 is 17.4 Å². The minimum absolute atomic E-state index is 0.00700. The molecule has 35 heavy (non-hydrogen) atoms. The summed E-state index contributed by atoms with van der Waals surface area (Å²) < 4.78 is 14.5. The van der Waals surface area contributed by atoms with Crippen molar-refractivity contribution in [1.82, 2.24) is 29.3 Å². The van der Waals surface area contributed by atoms with Crippen molar-refractivity contribution in [2.45, 2.75) is 19.8 Å². The summed E-state index contributed by atoms with van der Waals surface area (Å²) in [5.74, 6) is -1.24. The summed E-state index contributed by atoms with van der Waals surface area (Å²) in [6.45, 7) is 3.59. The highest BCUT2D eigenvalue weighted by molar-refractivity contribution is 7.71. The van der Waals surface area contributed by atoms with Crippen LogP contribution in [0.1, 0.15) is 29.7 Å². The zero-order valence-electron chi connectivity index (χ0n) is 18.8. The second kappa shape index (κ2) is 8.72. The average Bonchev–Trinajstić information content (AvgIpc) is 3.46. The summed E-state index contributed by atoms with van der Waals surface area (Å²) in [6, 6.07) is 9.47. The number of benzene rings is 1. The van der Waals surface area contributed by atoms with E-state index in [0.717, 1.165) is 5.69 Å². The normalized spacial score (nSPS) is 15.0. The number of carbonyl (C=O) groups excluding carboxylic acids is 1. The number of imidazole rings is 1. The van der Waals surface area contributed by atoms with Gasteiger partial charge >= 0.3 is 5.97 Å². The number of para-hydroxylation sites is 1. The van der Waals surface area contributed by atoms with Crippen LogP contribution in [0.25, 0.3) is 11.5 Å². The molecule has 178 valence electrons. The van der Waals surface area contributed by atoms with Crippen LogP contribution in [0, 0.1) is 11.7 Å². The van der Waals surface area contributed by atoms with E-state index in [1.807, 2.05) is 30.3 Å². The lowest BCUT2D eigenvalue weighted by molar-refractivity contribution is -0.139. The van der Waals surface area contributed by atoms with Crippen molar-refractivity contribution in [2.24, 2.45) is 5.73 Å². The van der Waals surface area contributed by atoms with Gasteiger partial charge in [0.05, 0.1) is 29.5 Å². The van der Waals surface area contributed by atoms with Gasteiger partial charge in [-0.2, -0.15) is 5.10 Å². The second-order valence-electron chi connectivity index (χ2n) is 7.72. The van der Waals surface area contributed by atoms with Crippen molar-refractivity contribution in [3.8, 4) is 17.4 Å². The van der Waals surface area contributed by atoms with Crippen LogP contribution in [0.15, 0.2) is 65.3 Å². The highest BCUT2D eigenvalue weighted by Gasteiger charge is 2.42. The summed E-state index contributed by atoms with van der Waals surface area (Å²) >= 11 is 5.12. The predicted molar refractivity (Wildman–Crippen MR) is 128 cm³/mol. The number of rotatable bonds is 5. The lowest BCUT2D eigenvalue weighted by Crippen LogP contribution is -2.33. The first-order valence-corrected chi connectivity index (χ1v) is 11.2. The molecular weight excluding hydrogens is 470 g/mol. The summed E-state index contributed by atoms with van der Waals surface area (Å²) in [4.78, 5) is 35.9. The van der Waals surface area contributed by atoms with Crippen LogP contribution in [-0.2, 0) is 9.53 Å². The number of hydrogen-bond acceptors (Lipinski definition) is 8. The maximum Gasteiger partial charge on any atom is 0.340 e. The van der Waals surface area contributed by atoms with Crippen molar-refractivity contribution in [3.63, 3.8) is 0 Å². The van der Waals surface area contributed by atoms with Crippen LogP contribution in [0.4, 0.5) is 0 Å². The number of nitrogens with zero attached hydrogens (tertiary/aromatic N) is 4. The van der Waals surface area contributed by atoms with Gasteiger partial charge in [-0.25, -0.2) is 14.5 Å². The van der Waals surface area contributed by atoms with Crippen LogP contribution >= 0.6 is 12.2 Å². The van der Waals surface area contributed by atoms with Gasteiger partial charge in [0, 0.05) is 18.0 Å². The van der Waals surface area contributed by atoms with E-state index >= 15 is 0 Å². The fourth-order valence-electron chi connectivity index (χ4n) is 4.23. The number of carbonyl (C=O) groups is 1. The van der Waals surface area contributed by atoms with E-state index in [4.69, 9.17) is 32.5 Å². The Morgan fingerprint density at radius 3 is 2.71 bits per heavy atom. The van der Waals surface area contributed by atoms with E-state index in [0.29, 0.717) is 17.1 Å². The fourth-order valence-corrected chi connectivity index (χ4v) is 4.42. The first kappa shape index (κ1) is 22.3. The molecule has 5 rings (SSSR count). The number of nitrogens with one attached hydrogen (secondary N) is 2. The third-order valence-corrected chi connectivity index (χ3v) is 5.82. The Hall–Kier alpha value is -4.45. The number of ether oxygens (including phenoxy) is 2. The molecule has 1 atom stereocenters. The molecule has 0 amide bonds. The zero-order chi connectivity index (χ0) is 24.7. The number of H-pyrrole nitrogens is 2. The molecule has 0 saturated heterocycles. The molecule has 0 aliphatic carbocycles. The first-order valence-electron chi connectivity index (χ1n) is 10.7. The van der Waals surface area contributed by atoms with E-state index in [-0.39, 0.29) is 34.3 Å². The summed E-state index contributed by atoms with van der Waals surface area (Å²) in [5, 5.41) is 4.77. The van der Waals surface area contributed by atoms with Crippen molar-refractivity contribution in [3.05, 3.63) is 92.5 Å². The monoisotopic (exact) mass is 491 g/mol. The highest BCUT2D eigenvalue weighted by atomic mass is 32.1. The first-order chi connectivity index (χ1) is 16.9. The molecule has 0 fully saturated rings. The molecule has 4 heterocycles. The smallest absolute Gasteiger partial charge is 0.340 e. The lowest BCUT2D eigenvalue weighted by atomic mass is 9.84. The van der Waals surface area contributed by atoms with Crippen LogP contribution < -0.4 is 16.0 Å². The molecule has 1 aromatic carbocycles. The average molecular weight is 492 g/mol. The largest absolute Gasteiger partial charge is 0.462 e. The number of esters is 1. The summed E-state index contributed by atoms with van der Waals surface area (Å²) in [6.07, 6.45) is 4.98. The number of fused-ring (bicyclic) bond motifs is 1.